The lowest BCUT2D eigenvalue weighted by Gasteiger charge is -2.14. The van der Waals surface area contributed by atoms with E-state index >= 15 is 0 Å². The lowest BCUT2D eigenvalue weighted by Crippen LogP contribution is -2.11. The summed E-state index contributed by atoms with van der Waals surface area (Å²) in [5.74, 6) is 0. The third-order valence-electron chi connectivity index (χ3n) is 7.38. The fraction of sp³-hybridized carbons (Fsp3) is 0.0588. The average molecular weight is 601 g/mol. The molecule has 9 heteroatoms. The molecule has 0 aliphatic heterocycles. The van der Waals surface area contributed by atoms with Gasteiger partial charge in [-0.3, -0.25) is 9.97 Å². The maximum Gasteiger partial charge on any atom is 0.416 e. The standard InChI is InChI=1S/C34H18F6N2S/c35-33(36,37)24-13-22(14-25(16-24)34(38,39)40)19-8-9-20-12-23(18-42-30(20)15-19)21-10-11-29(41-17-21)28-6-3-5-27-26-4-1-2-7-31(26)43-32(27)28/h1-18H. The molecular formula is C34H18F6N2S. The van der Waals surface area contributed by atoms with Crippen molar-refractivity contribution in [1.29, 1.82) is 0 Å². The molecule has 0 spiro atoms. The van der Waals surface area contributed by atoms with Crippen LogP contribution in [-0.4, -0.2) is 9.97 Å². The minimum absolute atomic E-state index is 0.122. The zero-order valence-corrected chi connectivity index (χ0v) is 22.8. The highest BCUT2D eigenvalue weighted by atomic mass is 32.1. The molecule has 0 bridgehead atoms. The van der Waals surface area contributed by atoms with Crippen LogP contribution >= 0.6 is 11.3 Å². The molecule has 0 unspecified atom stereocenters. The number of pyridine rings is 2. The first kappa shape index (κ1) is 27.1. The van der Waals surface area contributed by atoms with Crippen LogP contribution in [0.5, 0.6) is 0 Å². The largest absolute Gasteiger partial charge is 0.416 e. The highest BCUT2D eigenvalue weighted by Gasteiger charge is 2.37. The van der Waals surface area contributed by atoms with Gasteiger partial charge in [-0.05, 0) is 53.6 Å². The summed E-state index contributed by atoms with van der Waals surface area (Å²) in [6.07, 6.45) is -6.47. The Morgan fingerprint density at radius 2 is 1.23 bits per heavy atom. The quantitative estimate of drug-likeness (QED) is 0.189. The van der Waals surface area contributed by atoms with Gasteiger partial charge in [0.2, 0.25) is 0 Å². The van der Waals surface area contributed by atoms with Gasteiger partial charge in [-0.25, -0.2) is 0 Å². The summed E-state index contributed by atoms with van der Waals surface area (Å²) in [4.78, 5) is 9.19. The van der Waals surface area contributed by atoms with Crippen LogP contribution in [0.3, 0.4) is 0 Å². The zero-order valence-electron chi connectivity index (χ0n) is 22.0. The zero-order chi connectivity index (χ0) is 29.9. The van der Waals surface area contributed by atoms with E-state index in [1.807, 2.05) is 36.4 Å². The number of nitrogens with zero attached hydrogens (tertiary/aromatic N) is 2. The molecule has 0 amide bonds. The minimum atomic E-state index is -4.92. The van der Waals surface area contributed by atoms with Crippen molar-refractivity contribution < 1.29 is 26.3 Å². The van der Waals surface area contributed by atoms with Crippen LogP contribution < -0.4 is 0 Å². The second-order valence-electron chi connectivity index (χ2n) is 10.1. The second kappa shape index (κ2) is 9.91. The van der Waals surface area contributed by atoms with Crippen LogP contribution in [0.2, 0.25) is 0 Å². The van der Waals surface area contributed by atoms with Crippen molar-refractivity contribution in [2.75, 3.05) is 0 Å². The Labute approximate surface area is 244 Å². The fourth-order valence-corrected chi connectivity index (χ4v) is 6.48. The topological polar surface area (TPSA) is 25.8 Å². The number of alkyl halides is 6. The van der Waals surface area contributed by atoms with Gasteiger partial charge >= 0.3 is 12.4 Å². The molecule has 7 rings (SSSR count). The third-order valence-corrected chi connectivity index (χ3v) is 8.60. The SMILES string of the molecule is FC(F)(F)c1cc(-c2ccc3cc(-c4ccc(-c5cccc6c5sc5ccccc56)nc4)cnc3c2)cc(C(F)(F)F)c1. The summed E-state index contributed by atoms with van der Waals surface area (Å²) in [5, 5.41) is 3.07. The van der Waals surface area contributed by atoms with Gasteiger partial charge in [0.05, 0.1) is 22.3 Å². The molecule has 0 saturated heterocycles. The van der Waals surface area contributed by atoms with Crippen molar-refractivity contribution in [3.63, 3.8) is 0 Å². The number of fused-ring (bicyclic) bond motifs is 4. The minimum Gasteiger partial charge on any atom is -0.256 e. The van der Waals surface area contributed by atoms with Crippen LogP contribution in [-0.2, 0) is 12.4 Å². The molecule has 212 valence electrons. The Morgan fingerprint density at radius 1 is 0.535 bits per heavy atom. The first-order chi connectivity index (χ1) is 20.5. The van der Waals surface area contributed by atoms with Gasteiger partial charge in [0.25, 0.3) is 0 Å². The molecule has 0 saturated carbocycles. The number of halogens is 6. The van der Waals surface area contributed by atoms with Crippen LogP contribution in [0.25, 0.3) is 64.6 Å². The fourth-order valence-electron chi connectivity index (χ4n) is 5.25. The van der Waals surface area contributed by atoms with Gasteiger partial charge in [-0.2, -0.15) is 26.3 Å². The average Bonchev–Trinajstić information content (AvgIpc) is 3.38. The molecule has 0 aliphatic rings. The number of aromatic nitrogens is 2. The smallest absolute Gasteiger partial charge is 0.256 e. The van der Waals surface area contributed by atoms with Gasteiger partial charge in [-0.15, -0.1) is 11.3 Å². The van der Waals surface area contributed by atoms with Crippen molar-refractivity contribution in [3.8, 4) is 33.5 Å². The number of thiophene rings is 1. The predicted octanol–water partition coefficient (Wildman–Crippen LogP) is 11.0. The Bertz CT molecular complexity index is 2130. The van der Waals surface area contributed by atoms with E-state index in [0.717, 1.165) is 39.2 Å². The number of hydrogen-bond donors (Lipinski definition) is 0. The van der Waals surface area contributed by atoms with Gasteiger partial charge in [0, 0.05) is 54.6 Å². The van der Waals surface area contributed by atoms with Crippen molar-refractivity contribution >= 4 is 42.4 Å². The van der Waals surface area contributed by atoms with E-state index in [1.165, 1.54) is 27.6 Å². The van der Waals surface area contributed by atoms with E-state index < -0.39 is 23.5 Å². The molecule has 0 radical (unpaired) electrons. The van der Waals surface area contributed by atoms with Gasteiger partial charge in [-0.1, -0.05) is 54.6 Å². The lowest BCUT2D eigenvalue weighted by atomic mass is 9.97. The Kier molecular flexibility index (Phi) is 6.25. The molecule has 0 aliphatic carbocycles. The third kappa shape index (κ3) is 4.99. The summed E-state index contributed by atoms with van der Waals surface area (Å²) in [6.45, 7) is 0. The van der Waals surface area contributed by atoms with Gasteiger partial charge in [0.1, 0.15) is 0 Å². The van der Waals surface area contributed by atoms with Gasteiger partial charge < -0.3 is 0 Å². The number of rotatable bonds is 3. The summed E-state index contributed by atoms with van der Waals surface area (Å²) < 4.78 is 82.5. The Morgan fingerprint density at radius 3 is 1.95 bits per heavy atom. The van der Waals surface area contributed by atoms with E-state index in [2.05, 4.69) is 29.2 Å². The molecule has 3 heterocycles. The molecule has 7 aromatic rings. The Hall–Kier alpha value is -4.76. The van der Waals surface area contributed by atoms with Crippen molar-refractivity contribution in [1.82, 2.24) is 9.97 Å². The van der Waals surface area contributed by atoms with Crippen molar-refractivity contribution in [3.05, 3.63) is 121 Å². The summed E-state index contributed by atoms with van der Waals surface area (Å²) in [5.41, 5.74) is 1.19. The highest BCUT2D eigenvalue weighted by molar-refractivity contribution is 7.26. The number of hydrogen-bond acceptors (Lipinski definition) is 3. The highest BCUT2D eigenvalue weighted by Crippen LogP contribution is 2.41. The monoisotopic (exact) mass is 600 g/mol. The van der Waals surface area contributed by atoms with E-state index in [4.69, 9.17) is 4.98 Å². The van der Waals surface area contributed by atoms with E-state index in [1.54, 1.807) is 29.8 Å². The molecule has 0 fully saturated rings. The maximum absolute atomic E-state index is 13.4. The van der Waals surface area contributed by atoms with Crippen LogP contribution in [0, 0.1) is 0 Å². The van der Waals surface area contributed by atoms with Crippen LogP contribution in [0.1, 0.15) is 11.1 Å². The van der Waals surface area contributed by atoms with E-state index in [0.29, 0.717) is 10.9 Å². The molecule has 0 N–H and O–H groups in total. The molecule has 2 nitrogen and oxygen atoms in total. The van der Waals surface area contributed by atoms with E-state index in [9.17, 15) is 26.3 Å². The van der Waals surface area contributed by atoms with Crippen LogP contribution in [0.4, 0.5) is 26.3 Å². The molecule has 0 atom stereocenters. The lowest BCUT2D eigenvalue weighted by molar-refractivity contribution is -0.143. The molecular weight excluding hydrogens is 582 g/mol. The van der Waals surface area contributed by atoms with Gasteiger partial charge in [0.15, 0.2) is 0 Å². The second-order valence-corrected chi connectivity index (χ2v) is 11.2. The summed E-state index contributed by atoms with van der Waals surface area (Å²) in [6, 6.07) is 26.4. The summed E-state index contributed by atoms with van der Waals surface area (Å²) >= 11 is 1.73. The van der Waals surface area contributed by atoms with Crippen molar-refractivity contribution in [2.24, 2.45) is 0 Å². The molecule has 43 heavy (non-hydrogen) atoms. The Balaban J connectivity index is 1.22. The first-order valence-corrected chi connectivity index (χ1v) is 13.9. The molecule has 3 aromatic heterocycles. The first-order valence-electron chi connectivity index (χ1n) is 13.1. The van der Waals surface area contributed by atoms with Crippen LogP contribution in [0.15, 0.2) is 109 Å². The summed E-state index contributed by atoms with van der Waals surface area (Å²) in [7, 11) is 0. The number of benzene rings is 4. The normalized spacial score (nSPS) is 12.4. The van der Waals surface area contributed by atoms with E-state index in [-0.39, 0.29) is 17.2 Å². The maximum atomic E-state index is 13.4. The van der Waals surface area contributed by atoms with Crippen molar-refractivity contribution in [2.45, 2.75) is 12.4 Å². The molecule has 4 aromatic carbocycles. The predicted molar refractivity (Wildman–Crippen MR) is 159 cm³/mol.